The van der Waals surface area contributed by atoms with Crippen LogP contribution in [0, 0.1) is 5.92 Å². The summed E-state index contributed by atoms with van der Waals surface area (Å²) < 4.78 is 1.15. The second-order valence-corrected chi connectivity index (χ2v) is 3.90. The van der Waals surface area contributed by atoms with Gasteiger partial charge in [0, 0.05) is 12.3 Å². The predicted octanol–water partition coefficient (Wildman–Crippen LogP) is 1.10. The van der Waals surface area contributed by atoms with Crippen molar-refractivity contribution < 1.29 is 4.48 Å². The average Bonchev–Trinajstić information content (AvgIpc) is 2.13. The van der Waals surface area contributed by atoms with Crippen molar-refractivity contribution in [3.05, 3.63) is 0 Å². The van der Waals surface area contributed by atoms with Gasteiger partial charge < -0.3 is 4.48 Å². The lowest BCUT2D eigenvalue weighted by molar-refractivity contribution is -0.883. The van der Waals surface area contributed by atoms with E-state index >= 15 is 0 Å². The molecule has 0 radical (unpaired) electrons. The smallest absolute Gasteiger partial charge is 0.0917 e. The van der Waals surface area contributed by atoms with Gasteiger partial charge in [0.2, 0.25) is 0 Å². The highest BCUT2D eigenvalue weighted by molar-refractivity contribution is 4.83. The van der Waals surface area contributed by atoms with Crippen LogP contribution >= 0.6 is 0 Å². The summed E-state index contributed by atoms with van der Waals surface area (Å²) in [5.74, 6) is 0.981. The van der Waals surface area contributed by atoms with Gasteiger partial charge >= 0.3 is 0 Å². The number of hydrogen-bond acceptors (Lipinski definition) is 0. The minimum absolute atomic E-state index is 0.954. The lowest BCUT2D eigenvalue weighted by atomic mass is 10.4. The molecule has 1 aliphatic carbocycles. The summed E-state index contributed by atoms with van der Waals surface area (Å²) in [6.45, 7) is 2.33. The molecule has 0 heterocycles. The van der Waals surface area contributed by atoms with Crippen molar-refractivity contribution in [1.29, 1.82) is 0 Å². The third kappa shape index (κ3) is 1.03. The molecule has 1 rings (SSSR count). The van der Waals surface area contributed by atoms with Gasteiger partial charge in [-0.1, -0.05) is 6.92 Å². The molecule has 8 heavy (non-hydrogen) atoms. The lowest BCUT2D eigenvalue weighted by Gasteiger charge is -2.23. The van der Waals surface area contributed by atoms with E-state index in [9.17, 15) is 0 Å². The number of rotatable bonds is 1. The Morgan fingerprint density at radius 1 is 1.25 bits per heavy atom. The maximum Gasteiger partial charge on any atom is 0.0917 e. The molecule has 0 amide bonds. The van der Waals surface area contributed by atoms with Crippen molar-refractivity contribution in [1.82, 2.24) is 0 Å². The van der Waals surface area contributed by atoms with Gasteiger partial charge in [0.25, 0.3) is 0 Å². The first-order valence-corrected chi connectivity index (χ1v) is 3.33. The molecule has 0 aliphatic heterocycles. The molecule has 1 heteroatoms. The Kier molecular flexibility index (Phi) is 1.12. The van der Waals surface area contributed by atoms with Crippen molar-refractivity contribution in [2.75, 3.05) is 21.1 Å². The molecule has 0 aromatic rings. The van der Waals surface area contributed by atoms with E-state index in [4.69, 9.17) is 0 Å². The molecule has 0 N–H and O–H groups in total. The molecule has 48 valence electrons. The fourth-order valence-electron chi connectivity index (χ4n) is 1.38. The van der Waals surface area contributed by atoms with Crippen molar-refractivity contribution in [3.63, 3.8) is 0 Å². The van der Waals surface area contributed by atoms with Gasteiger partial charge in [0.15, 0.2) is 0 Å². The molecule has 1 aliphatic rings. The summed E-state index contributed by atoms with van der Waals surface area (Å²) in [4.78, 5) is 0. The summed E-state index contributed by atoms with van der Waals surface area (Å²) in [5, 5.41) is 0. The number of nitrogens with zero attached hydrogens (tertiary/aromatic N) is 1. The Balaban J connectivity index is 2.39. The minimum atomic E-state index is 0.954. The zero-order valence-electron chi connectivity index (χ0n) is 6.31. The normalized spacial score (nSPS) is 37.5. The molecular weight excluding hydrogens is 98.1 g/mol. The molecule has 0 bridgehead atoms. The van der Waals surface area contributed by atoms with Crippen LogP contribution in [0.2, 0.25) is 0 Å². The summed E-state index contributed by atoms with van der Waals surface area (Å²) in [5.41, 5.74) is 0. The maximum absolute atomic E-state index is 2.33. The zero-order chi connectivity index (χ0) is 6.36. The topological polar surface area (TPSA) is 0 Å². The van der Waals surface area contributed by atoms with E-state index in [1.807, 2.05) is 0 Å². The van der Waals surface area contributed by atoms with Gasteiger partial charge in [-0.2, -0.15) is 0 Å². The van der Waals surface area contributed by atoms with Gasteiger partial charge in [-0.15, -0.1) is 0 Å². The molecule has 1 saturated carbocycles. The van der Waals surface area contributed by atoms with Gasteiger partial charge in [-0.3, -0.25) is 0 Å². The number of hydrogen-bond donors (Lipinski definition) is 0. The maximum atomic E-state index is 2.33. The summed E-state index contributed by atoms with van der Waals surface area (Å²) in [6, 6.07) is 0.954. The predicted molar refractivity (Wildman–Crippen MR) is 35.6 cm³/mol. The molecule has 0 saturated heterocycles. The fourth-order valence-corrected chi connectivity index (χ4v) is 1.38. The molecule has 0 spiro atoms. The van der Waals surface area contributed by atoms with Crippen molar-refractivity contribution >= 4 is 0 Å². The van der Waals surface area contributed by atoms with Gasteiger partial charge in [0.1, 0.15) is 0 Å². The molecule has 2 atom stereocenters. The fraction of sp³-hybridized carbons (Fsp3) is 1.00. The van der Waals surface area contributed by atoms with Crippen molar-refractivity contribution in [3.8, 4) is 0 Å². The first kappa shape index (κ1) is 6.09. The van der Waals surface area contributed by atoms with Crippen molar-refractivity contribution in [2.45, 2.75) is 19.4 Å². The molecule has 0 aromatic heterocycles. The SMILES string of the molecule is CC1CC1[N+](C)(C)C. The van der Waals surface area contributed by atoms with E-state index in [-0.39, 0.29) is 0 Å². The Labute approximate surface area is 51.9 Å². The summed E-state index contributed by atoms with van der Waals surface area (Å²) in [7, 11) is 6.82. The molecular formula is C7H16N+. The Morgan fingerprint density at radius 2 is 1.62 bits per heavy atom. The first-order chi connectivity index (χ1) is 3.52. The molecule has 1 nitrogen and oxygen atoms in total. The number of quaternary nitrogens is 1. The summed E-state index contributed by atoms with van der Waals surface area (Å²) >= 11 is 0. The minimum Gasteiger partial charge on any atom is -0.328 e. The van der Waals surface area contributed by atoms with Gasteiger partial charge in [0.05, 0.1) is 27.2 Å². The standard InChI is InChI=1S/C7H16N/c1-6-5-7(6)8(2,3)4/h6-7H,5H2,1-4H3/q+1. The molecule has 0 aromatic carbocycles. The largest absolute Gasteiger partial charge is 0.328 e. The Bertz CT molecular complexity index is 91.1. The highest BCUT2D eigenvalue weighted by Crippen LogP contribution is 2.36. The molecule has 2 unspecified atom stereocenters. The van der Waals surface area contributed by atoms with E-state index in [0.717, 1.165) is 16.4 Å². The van der Waals surface area contributed by atoms with Crippen LogP contribution in [0.15, 0.2) is 0 Å². The lowest BCUT2D eigenvalue weighted by Crippen LogP contribution is -2.37. The van der Waals surface area contributed by atoms with Crippen LogP contribution in [-0.4, -0.2) is 31.7 Å². The van der Waals surface area contributed by atoms with Crippen LogP contribution in [0.5, 0.6) is 0 Å². The zero-order valence-corrected chi connectivity index (χ0v) is 6.31. The third-order valence-corrected chi connectivity index (χ3v) is 2.06. The highest BCUT2D eigenvalue weighted by atomic mass is 15.3. The van der Waals surface area contributed by atoms with Crippen LogP contribution in [0.1, 0.15) is 13.3 Å². The van der Waals surface area contributed by atoms with E-state index < -0.39 is 0 Å². The van der Waals surface area contributed by atoms with Crippen molar-refractivity contribution in [2.24, 2.45) is 5.92 Å². The van der Waals surface area contributed by atoms with E-state index in [2.05, 4.69) is 28.1 Å². The Morgan fingerprint density at radius 3 is 1.62 bits per heavy atom. The van der Waals surface area contributed by atoms with Crippen LogP contribution in [0.25, 0.3) is 0 Å². The second-order valence-electron chi connectivity index (χ2n) is 3.90. The van der Waals surface area contributed by atoms with E-state index in [0.29, 0.717) is 0 Å². The van der Waals surface area contributed by atoms with Gasteiger partial charge in [-0.25, -0.2) is 0 Å². The molecule has 1 fully saturated rings. The monoisotopic (exact) mass is 114 g/mol. The third-order valence-electron chi connectivity index (χ3n) is 2.06. The van der Waals surface area contributed by atoms with Crippen LogP contribution in [0.3, 0.4) is 0 Å². The Hall–Kier alpha value is -0.0400. The van der Waals surface area contributed by atoms with Crippen LogP contribution < -0.4 is 0 Å². The van der Waals surface area contributed by atoms with E-state index in [1.165, 1.54) is 6.42 Å². The average molecular weight is 114 g/mol. The summed E-state index contributed by atoms with van der Waals surface area (Å²) in [6.07, 6.45) is 1.43. The first-order valence-electron chi connectivity index (χ1n) is 3.33. The second kappa shape index (κ2) is 1.47. The van der Waals surface area contributed by atoms with Gasteiger partial charge in [-0.05, 0) is 0 Å². The van der Waals surface area contributed by atoms with E-state index in [1.54, 1.807) is 0 Å². The van der Waals surface area contributed by atoms with Crippen LogP contribution in [0.4, 0.5) is 0 Å². The highest BCUT2D eigenvalue weighted by Gasteiger charge is 2.43. The van der Waals surface area contributed by atoms with Crippen LogP contribution in [-0.2, 0) is 0 Å². The quantitative estimate of drug-likeness (QED) is 0.448.